The third-order valence-corrected chi connectivity index (χ3v) is 6.10. The van der Waals surface area contributed by atoms with E-state index in [1.54, 1.807) is 42.5 Å². The van der Waals surface area contributed by atoms with E-state index in [0.717, 1.165) is 0 Å². The second kappa shape index (κ2) is 6.93. The summed E-state index contributed by atoms with van der Waals surface area (Å²) in [6, 6.07) is 11.5. The van der Waals surface area contributed by atoms with E-state index in [4.69, 9.17) is 16.3 Å². The normalized spacial score (nSPS) is 15.8. The number of sulfonamides is 1. The molecule has 8 heteroatoms. The lowest BCUT2D eigenvalue weighted by Crippen LogP contribution is -2.25. The Labute approximate surface area is 151 Å². The maximum Gasteiger partial charge on any atom is 0.255 e. The Balaban J connectivity index is 1.79. The summed E-state index contributed by atoms with van der Waals surface area (Å²) in [7, 11) is -1.76. The largest absolute Gasteiger partial charge is 0.493 e. The van der Waals surface area contributed by atoms with Gasteiger partial charge < -0.3 is 10.1 Å². The molecule has 0 saturated carbocycles. The van der Waals surface area contributed by atoms with E-state index in [1.165, 1.54) is 11.4 Å². The summed E-state index contributed by atoms with van der Waals surface area (Å²) in [6.07, 6.45) is 0.610. The summed E-state index contributed by atoms with van der Waals surface area (Å²) in [4.78, 5) is 12.4. The minimum atomic E-state index is -3.23. The lowest BCUT2D eigenvalue weighted by molar-refractivity contribution is 0.102. The van der Waals surface area contributed by atoms with Crippen LogP contribution in [0.15, 0.2) is 42.5 Å². The average Bonchev–Trinajstić information content (AvgIpc) is 2.94. The Bertz CT molecular complexity index is 897. The number of anilines is 2. The zero-order valence-corrected chi connectivity index (χ0v) is 15.1. The van der Waals surface area contributed by atoms with Crippen LogP contribution < -0.4 is 14.4 Å². The SMILES string of the molecule is COc1c(Cl)cccc1NC(=O)c1ccc(N2CCCS2(=O)=O)cc1. The van der Waals surface area contributed by atoms with Crippen molar-refractivity contribution in [3.63, 3.8) is 0 Å². The molecule has 1 fully saturated rings. The number of ether oxygens (including phenoxy) is 1. The summed E-state index contributed by atoms with van der Waals surface area (Å²) in [5.74, 6) is 0.206. The van der Waals surface area contributed by atoms with Crippen molar-refractivity contribution in [1.29, 1.82) is 0 Å². The maximum absolute atomic E-state index is 12.4. The van der Waals surface area contributed by atoms with Crippen LogP contribution in [0.4, 0.5) is 11.4 Å². The molecule has 3 rings (SSSR count). The lowest BCUT2D eigenvalue weighted by Gasteiger charge is -2.17. The van der Waals surface area contributed by atoms with Gasteiger partial charge in [0.1, 0.15) is 0 Å². The third-order valence-electron chi connectivity index (χ3n) is 3.94. The van der Waals surface area contributed by atoms with Crippen LogP contribution in [0.25, 0.3) is 0 Å². The van der Waals surface area contributed by atoms with E-state index in [9.17, 15) is 13.2 Å². The molecular weight excluding hydrogens is 364 g/mol. The first-order valence-corrected chi connectivity index (χ1v) is 9.65. The van der Waals surface area contributed by atoms with Crippen LogP contribution in [0.2, 0.25) is 5.02 Å². The Morgan fingerprint density at radius 3 is 2.52 bits per heavy atom. The number of nitrogens with zero attached hydrogens (tertiary/aromatic N) is 1. The lowest BCUT2D eigenvalue weighted by atomic mass is 10.2. The van der Waals surface area contributed by atoms with E-state index < -0.39 is 10.0 Å². The van der Waals surface area contributed by atoms with E-state index >= 15 is 0 Å². The van der Waals surface area contributed by atoms with E-state index in [0.29, 0.717) is 40.7 Å². The third kappa shape index (κ3) is 3.57. The van der Waals surface area contributed by atoms with Crippen LogP contribution in [0.5, 0.6) is 5.75 Å². The molecule has 1 heterocycles. The smallest absolute Gasteiger partial charge is 0.255 e. The van der Waals surface area contributed by atoms with Crippen LogP contribution in [0, 0.1) is 0 Å². The molecule has 0 aromatic heterocycles. The predicted octanol–water partition coefficient (Wildman–Crippen LogP) is 3.14. The van der Waals surface area contributed by atoms with Crippen molar-refractivity contribution in [2.75, 3.05) is 29.0 Å². The molecule has 1 amide bonds. The van der Waals surface area contributed by atoms with Crippen molar-refractivity contribution >= 4 is 38.9 Å². The van der Waals surface area contributed by atoms with Gasteiger partial charge in [-0.1, -0.05) is 17.7 Å². The predicted molar refractivity (Wildman–Crippen MR) is 98.1 cm³/mol. The van der Waals surface area contributed by atoms with Gasteiger partial charge in [0.05, 0.1) is 29.3 Å². The molecule has 2 aromatic rings. The van der Waals surface area contributed by atoms with E-state index in [2.05, 4.69) is 5.32 Å². The van der Waals surface area contributed by atoms with Gasteiger partial charge in [-0.25, -0.2) is 8.42 Å². The highest BCUT2D eigenvalue weighted by Gasteiger charge is 2.28. The zero-order valence-electron chi connectivity index (χ0n) is 13.5. The highest BCUT2D eigenvalue weighted by molar-refractivity contribution is 7.93. The standard InChI is InChI=1S/C17H17ClN2O4S/c1-24-16-14(18)4-2-5-15(16)19-17(21)12-6-8-13(9-7-12)20-10-3-11-25(20,22)23/h2,4-9H,3,10-11H2,1H3,(H,19,21). The number of amides is 1. The molecule has 2 aromatic carbocycles. The number of halogens is 1. The van der Waals surface area contributed by atoms with Gasteiger partial charge in [-0.05, 0) is 42.8 Å². The first-order valence-electron chi connectivity index (χ1n) is 7.67. The number of para-hydroxylation sites is 1. The molecular formula is C17H17ClN2O4S. The molecule has 6 nitrogen and oxygen atoms in total. The van der Waals surface area contributed by atoms with Gasteiger partial charge in [0, 0.05) is 12.1 Å². The topological polar surface area (TPSA) is 75.7 Å². The fourth-order valence-corrected chi connectivity index (χ4v) is 4.53. The number of benzene rings is 2. The molecule has 132 valence electrons. The molecule has 0 atom stereocenters. The van der Waals surface area contributed by atoms with Gasteiger partial charge in [-0.15, -0.1) is 0 Å². The molecule has 1 N–H and O–H groups in total. The summed E-state index contributed by atoms with van der Waals surface area (Å²) < 4.78 is 30.5. The van der Waals surface area contributed by atoms with Crippen LogP contribution in [-0.4, -0.2) is 33.7 Å². The van der Waals surface area contributed by atoms with E-state index in [-0.39, 0.29) is 11.7 Å². The summed E-state index contributed by atoms with van der Waals surface area (Å²) >= 11 is 6.04. The van der Waals surface area contributed by atoms with Crippen LogP contribution in [-0.2, 0) is 10.0 Å². The molecule has 1 aliphatic heterocycles. The quantitative estimate of drug-likeness (QED) is 0.884. The number of methoxy groups -OCH3 is 1. The highest BCUT2D eigenvalue weighted by atomic mass is 35.5. The van der Waals surface area contributed by atoms with Crippen molar-refractivity contribution in [2.24, 2.45) is 0 Å². The maximum atomic E-state index is 12.4. The number of rotatable bonds is 4. The fourth-order valence-electron chi connectivity index (χ4n) is 2.72. The van der Waals surface area contributed by atoms with Crippen molar-refractivity contribution in [2.45, 2.75) is 6.42 Å². The minimum absolute atomic E-state index is 0.157. The van der Waals surface area contributed by atoms with E-state index in [1.807, 2.05) is 0 Å². The Morgan fingerprint density at radius 2 is 1.92 bits per heavy atom. The second-order valence-corrected chi connectivity index (χ2v) is 7.98. The molecule has 25 heavy (non-hydrogen) atoms. The molecule has 0 unspecified atom stereocenters. The van der Waals surface area contributed by atoms with Gasteiger partial charge >= 0.3 is 0 Å². The average molecular weight is 381 g/mol. The number of carbonyl (C=O) groups excluding carboxylic acids is 1. The van der Waals surface area contributed by atoms with Crippen LogP contribution >= 0.6 is 11.6 Å². The molecule has 0 bridgehead atoms. The number of hydrogen-bond donors (Lipinski definition) is 1. The van der Waals surface area contributed by atoms with Crippen molar-refractivity contribution < 1.29 is 17.9 Å². The van der Waals surface area contributed by atoms with Gasteiger partial charge in [-0.2, -0.15) is 0 Å². The van der Waals surface area contributed by atoms with Gasteiger partial charge in [-0.3, -0.25) is 9.10 Å². The summed E-state index contributed by atoms with van der Waals surface area (Å²) in [5.41, 5.74) is 1.43. The van der Waals surface area contributed by atoms with Crippen molar-refractivity contribution in [3.05, 3.63) is 53.1 Å². The van der Waals surface area contributed by atoms with Gasteiger partial charge in [0.15, 0.2) is 5.75 Å². The second-order valence-electron chi connectivity index (χ2n) is 5.56. The molecule has 0 radical (unpaired) electrons. The number of carbonyl (C=O) groups is 1. The highest BCUT2D eigenvalue weighted by Crippen LogP contribution is 2.33. The molecule has 1 saturated heterocycles. The Morgan fingerprint density at radius 1 is 1.20 bits per heavy atom. The first-order chi connectivity index (χ1) is 11.9. The van der Waals surface area contributed by atoms with Gasteiger partial charge in [0.2, 0.25) is 10.0 Å². The Kier molecular flexibility index (Phi) is 4.87. The van der Waals surface area contributed by atoms with Gasteiger partial charge in [0.25, 0.3) is 5.91 Å². The molecule has 0 spiro atoms. The van der Waals surface area contributed by atoms with Crippen LogP contribution in [0.3, 0.4) is 0 Å². The Hall–Kier alpha value is -2.25. The molecule has 0 aliphatic carbocycles. The van der Waals surface area contributed by atoms with Crippen LogP contribution in [0.1, 0.15) is 16.8 Å². The van der Waals surface area contributed by atoms with Crippen molar-refractivity contribution in [3.8, 4) is 5.75 Å². The number of hydrogen-bond acceptors (Lipinski definition) is 4. The monoisotopic (exact) mass is 380 g/mol. The van der Waals surface area contributed by atoms with Crippen molar-refractivity contribution in [1.82, 2.24) is 0 Å². The molecule has 1 aliphatic rings. The zero-order chi connectivity index (χ0) is 18.0. The first kappa shape index (κ1) is 17.6. The minimum Gasteiger partial charge on any atom is -0.493 e. The fraction of sp³-hybridized carbons (Fsp3) is 0.235. The summed E-state index contributed by atoms with van der Waals surface area (Å²) in [6.45, 7) is 0.466. The number of nitrogens with one attached hydrogen (secondary N) is 1. The summed E-state index contributed by atoms with van der Waals surface area (Å²) in [5, 5.41) is 3.14.